The number of para-hydroxylation sites is 1. The third-order valence-electron chi connectivity index (χ3n) is 3.13. The van der Waals surface area contributed by atoms with E-state index in [-0.39, 0.29) is 12.0 Å². The lowest BCUT2D eigenvalue weighted by atomic mass is 10.1. The molecule has 0 saturated carbocycles. The molecule has 0 bridgehead atoms. The Morgan fingerprint density at radius 1 is 1.61 bits per heavy atom. The fourth-order valence-electron chi connectivity index (χ4n) is 2.14. The molecule has 0 saturated heterocycles. The summed E-state index contributed by atoms with van der Waals surface area (Å²) in [4.78, 5) is 13.5. The van der Waals surface area contributed by atoms with E-state index in [9.17, 15) is 4.79 Å². The lowest BCUT2D eigenvalue weighted by Gasteiger charge is -2.36. The molecule has 1 heterocycles. The van der Waals surface area contributed by atoms with Gasteiger partial charge in [-0.05, 0) is 18.6 Å². The smallest absolute Gasteiger partial charge is 0.239 e. The van der Waals surface area contributed by atoms with Crippen LogP contribution in [0.4, 0.5) is 11.4 Å². The van der Waals surface area contributed by atoms with Crippen LogP contribution >= 0.6 is 0 Å². The van der Waals surface area contributed by atoms with Gasteiger partial charge in [0, 0.05) is 7.05 Å². The molecule has 1 aliphatic heterocycles. The number of likely N-dealkylation sites (N-methyl/N-ethyl adjacent to an activating group) is 1. The first-order valence-electron chi connectivity index (χ1n) is 6.16. The van der Waals surface area contributed by atoms with E-state index in [1.54, 1.807) is 7.05 Å². The van der Waals surface area contributed by atoms with Gasteiger partial charge in [0.25, 0.3) is 0 Å². The highest BCUT2D eigenvalue weighted by molar-refractivity contribution is 5.85. The van der Waals surface area contributed by atoms with E-state index in [2.05, 4.69) is 12.2 Å². The van der Waals surface area contributed by atoms with Crippen molar-refractivity contribution in [1.82, 2.24) is 5.32 Å². The van der Waals surface area contributed by atoms with Crippen molar-refractivity contribution in [3.63, 3.8) is 0 Å². The number of anilines is 2. The Morgan fingerprint density at radius 2 is 2.39 bits per heavy atom. The molecule has 5 heteroatoms. The van der Waals surface area contributed by atoms with Crippen LogP contribution in [-0.4, -0.2) is 32.1 Å². The number of amides is 1. The van der Waals surface area contributed by atoms with Crippen molar-refractivity contribution in [2.24, 2.45) is 0 Å². The number of nitrogens with zero attached hydrogens (tertiary/aromatic N) is 1. The first kappa shape index (κ1) is 12.5. The lowest BCUT2D eigenvalue weighted by Crippen LogP contribution is -2.44. The molecule has 1 aromatic rings. The van der Waals surface area contributed by atoms with Gasteiger partial charge in [-0.3, -0.25) is 4.79 Å². The zero-order chi connectivity index (χ0) is 13.1. The number of benzene rings is 1. The van der Waals surface area contributed by atoms with E-state index >= 15 is 0 Å². The molecular formula is C13H19N3O2. The highest BCUT2D eigenvalue weighted by atomic mass is 16.5. The SMILES string of the molecule is CCC1CN(CC(=O)NC)c2c(N)cccc2O1. The highest BCUT2D eigenvalue weighted by Gasteiger charge is 2.27. The summed E-state index contributed by atoms with van der Waals surface area (Å²) in [7, 11) is 1.63. The molecule has 0 fully saturated rings. The summed E-state index contributed by atoms with van der Waals surface area (Å²) in [6.07, 6.45) is 1.00. The van der Waals surface area contributed by atoms with Crippen molar-refractivity contribution in [3.8, 4) is 5.75 Å². The van der Waals surface area contributed by atoms with Crippen LogP contribution in [0.5, 0.6) is 5.75 Å². The number of ether oxygens (including phenoxy) is 1. The fraction of sp³-hybridized carbons (Fsp3) is 0.462. The fourth-order valence-corrected chi connectivity index (χ4v) is 2.14. The maximum Gasteiger partial charge on any atom is 0.239 e. The molecule has 1 aliphatic rings. The van der Waals surface area contributed by atoms with E-state index in [0.717, 1.165) is 17.9 Å². The summed E-state index contributed by atoms with van der Waals surface area (Å²) in [5.41, 5.74) is 7.45. The highest BCUT2D eigenvalue weighted by Crippen LogP contribution is 2.38. The molecule has 1 amide bonds. The third kappa shape index (κ3) is 2.34. The molecule has 0 aliphatic carbocycles. The predicted molar refractivity (Wildman–Crippen MR) is 71.8 cm³/mol. The summed E-state index contributed by atoms with van der Waals surface area (Å²) < 4.78 is 5.85. The van der Waals surface area contributed by atoms with Crippen LogP contribution in [0.2, 0.25) is 0 Å². The van der Waals surface area contributed by atoms with Gasteiger partial charge in [0.15, 0.2) is 0 Å². The molecule has 1 atom stereocenters. The minimum Gasteiger partial charge on any atom is -0.486 e. The van der Waals surface area contributed by atoms with Gasteiger partial charge in [-0.2, -0.15) is 0 Å². The number of nitrogens with two attached hydrogens (primary N) is 1. The van der Waals surface area contributed by atoms with Crippen molar-refractivity contribution in [2.75, 3.05) is 30.8 Å². The van der Waals surface area contributed by atoms with Gasteiger partial charge in [-0.15, -0.1) is 0 Å². The summed E-state index contributed by atoms with van der Waals surface area (Å²) >= 11 is 0. The van der Waals surface area contributed by atoms with Crippen LogP contribution in [0.25, 0.3) is 0 Å². The number of hydrogen-bond donors (Lipinski definition) is 2. The Labute approximate surface area is 107 Å². The van der Waals surface area contributed by atoms with Crippen LogP contribution in [-0.2, 0) is 4.79 Å². The van der Waals surface area contributed by atoms with Gasteiger partial charge in [-0.25, -0.2) is 0 Å². The minimum atomic E-state index is -0.0269. The maximum atomic E-state index is 11.6. The Kier molecular flexibility index (Phi) is 3.60. The Morgan fingerprint density at radius 3 is 3.06 bits per heavy atom. The molecular weight excluding hydrogens is 230 g/mol. The third-order valence-corrected chi connectivity index (χ3v) is 3.13. The van der Waals surface area contributed by atoms with Crippen molar-refractivity contribution < 1.29 is 9.53 Å². The van der Waals surface area contributed by atoms with Crippen molar-refractivity contribution in [2.45, 2.75) is 19.4 Å². The van der Waals surface area contributed by atoms with Crippen molar-refractivity contribution in [3.05, 3.63) is 18.2 Å². The van der Waals surface area contributed by atoms with Gasteiger partial charge < -0.3 is 20.7 Å². The number of nitrogens with one attached hydrogen (secondary N) is 1. The lowest BCUT2D eigenvalue weighted by molar-refractivity contribution is -0.119. The van der Waals surface area contributed by atoms with Gasteiger partial charge in [0.1, 0.15) is 17.5 Å². The van der Waals surface area contributed by atoms with Crippen LogP contribution in [0.1, 0.15) is 13.3 Å². The molecule has 18 heavy (non-hydrogen) atoms. The van der Waals surface area contributed by atoms with Gasteiger partial charge in [-0.1, -0.05) is 13.0 Å². The standard InChI is InChI=1S/C13H19N3O2/c1-3-9-7-16(8-12(17)15-2)13-10(14)5-4-6-11(13)18-9/h4-6,9H,3,7-8,14H2,1-2H3,(H,15,17). The van der Waals surface area contributed by atoms with Crippen LogP contribution in [0.15, 0.2) is 18.2 Å². The van der Waals surface area contributed by atoms with Crippen LogP contribution in [0, 0.1) is 0 Å². The molecule has 1 aromatic carbocycles. The molecule has 0 spiro atoms. The monoisotopic (exact) mass is 249 g/mol. The van der Waals surface area contributed by atoms with Gasteiger partial charge >= 0.3 is 0 Å². The molecule has 1 unspecified atom stereocenters. The first-order valence-corrected chi connectivity index (χ1v) is 6.16. The molecule has 98 valence electrons. The number of nitrogen functional groups attached to an aromatic ring is 1. The normalized spacial score (nSPS) is 17.9. The Balaban J connectivity index is 2.32. The largest absolute Gasteiger partial charge is 0.486 e. The second kappa shape index (κ2) is 5.16. The summed E-state index contributed by atoms with van der Waals surface area (Å²) in [6.45, 7) is 3.06. The van der Waals surface area contributed by atoms with E-state index in [1.165, 1.54) is 0 Å². The van der Waals surface area contributed by atoms with E-state index < -0.39 is 0 Å². The second-order valence-electron chi connectivity index (χ2n) is 4.40. The van der Waals surface area contributed by atoms with Crippen LogP contribution in [0.3, 0.4) is 0 Å². The van der Waals surface area contributed by atoms with E-state index in [1.807, 2.05) is 23.1 Å². The maximum absolute atomic E-state index is 11.6. The Hall–Kier alpha value is -1.91. The quantitative estimate of drug-likeness (QED) is 0.784. The molecule has 5 nitrogen and oxygen atoms in total. The van der Waals surface area contributed by atoms with Crippen LogP contribution < -0.4 is 20.7 Å². The average Bonchev–Trinajstić information content (AvgIpc) is 2.38. The zero-order valence-electron chi connectivity index (χ0n) is 10.8. The number of carbonyl (C=O) groups is 1. The number of rotatable bonds is 3. The predicted octanol–water partition coefficient (Wildman–Crippen LogP) is 0.992. The number of carbonyl (C=O) groups excluding carboxylic acids is 1. The number of fused-ring (bicyclic) bond motifs is 1. The average molecular weight is 249 g/mol. The van der Waals surface area contributed by atoms with Crippen molar-refractivity contribution in [1.29, 1.82) is 0 Å². The van der Waals surface area contributed by atoms with Gasteiger partial charge in [0.2, 0.25) is 5.91 Å². The minimum absolute atomic E-state index is 0.0269. The molecule has 0 aromatic heterocycles. The summed E-state index contributed by atoms with van der Waals surface area (Å²) in [6, 6.07) is 5.58. The Bertz CT molecular complexity index is 448. The molecule has 2 rings (SSSR count). The number of hydrogen-bond acceptors (Lipinski definition) is 4. The van der Waals surface area contributed by atoms with E-state index in [0.29, 0.717) is 18.8 Å². The van der Waals surface area contributed by atoms with E-state index in [4.69, 9.17) is 10.5 Å². The molecule has 0 radical (unpaired) electrons. The van der Waals surface area contributed by atoms with Crippen molar-refractivity contribution >= 4 is 17.3 Å². The second-order valence-corrected chi connectivity index (χ2v) is 4.40. The van der Waals surface area contributed by atoms with Gasteiger partial charge in [0.05, 0.1) is 18.8 Å². The summed E-state index contributed by atoms with van der Waals surface area (Å²) in [5, 5.41) is 2.63. The topological polar surface area (TPSA) is 67.6 Å². The molecule has 3 N–H and O–H groups in total. The zero-order valence-corrected chi connectivity index (χ0v) is 10.8. The summed E-state index contributed by atoms with van der Waals surface area (Å²) in [5.74, 6) is 0.734. The first-order chi connectivity index (χ1) is 8.65.